The molecule has 1 aromatic rings. The molecule has 8 atom stereocenters. The normalized spacial score (nSPS) is 18.3. The Kier molecular flexibility index (Phi) is 23.8. The van der Waals surface area contributed by atoms with Crippen molar-refractivity contribution < 1.29 is 194 Å². The average Bonchev–Trinajstić information content (AvgIpc) is 3.12. The second kappa shape index (κ2) is 24.3. The molecule has 0 fully saturated rings. The molecule has 0 saturated heterocycles. The van der Waals surface area contributed by atoms with Gasteiger partial charge in [-0.25, -0.2) is 9.11 Å². The number of carbonyl (C=O) groups is 7. The van der Waals surface area contributed by atoms with Crippen molar-refractivity contribution in [3.63, 3.8) is 0 Å². The van der Waals surface area contributed by atoms with Crippen LogP contribution >= 0.6 is 60.8 Å². The Morgan fingerprint density at radius 2 is 1.04 bits per heavy atom. The summed E-state index contributed by atoms with van der Waals surface area (Å²) >= 11 is 0. The fourth-order valence-corrected chi connectivity index (χ4v) is 16.3. The molecule has 40 nitrogen and oxygen atoms in total. The summed E-state index contributed by atoms with van der Waals surface area (Å²) in [7, 11) is -48.4. The van der Waals surface area contributed by atoms with Crippen LogP contribution in [0.15, 0.2) is 12.1 Å². The quantitative estimate of drug-likeness (QED) is 0.0332. The monoisotopic (exact) mass is 1220 g/mol. The lowest BCUT2D eigenvalue weighted by atomic mass is 9.98. The SMILES string of the molecule is CC(OP(=O)(O)C(CC(=O)O)P(=O)(O)O)(P(=O)(O)O)P(=O)(O)OP(=O)(O)c1cc(P(=O)(O)O)cc(O)c1O.O=C(O)CC(C(=O)O)C(O)(C(=O)O)P(=O)(O)O.O=C(O)CCC(CC(=O)O)(C(=O)O)P(=O)(O)O. The van der Waals surface area contributed by atoms with Crippen molar-refractivity contribution in [2.24, 2.45) is 5.92 Å². The van der Waals surface area contributed by atoms with E-state index in [0.29, 0.717) is 0 Å². The standard InChI is InChI=1S/C11H20O21P6.C7H11O9P.C6H9O10P/c1-11(37(26,27)28,31-36(24,25)9(4-8(13)14)34(19,20)21)38(29,30)32-35(22,23)7-3-5(33(16,17)18)2-6(12)10(7)15;8-4(9)1-2-7(6(12)13,3-5(10)11)17(14,15)16;7-3(8)1-2(4(9)10)6(13,5(11)12)17(14,15)16/h2-3,9,12,15H,4H2,1H3,(H,13,14)(H,22,23)(H,24,25)(H,29,30)(H2,16,17,18)(H2,19,20,21)(H2,26,27,28);1-3H2,(H,8,9)(H,10,11)(H,12,13)(H2,14,15,16);2,13H,1H2,(H,7,8)(H,9,10)(H,11,12)(H2,14,15,16). The van der Waals surface area contributed by atoms with Gasteiger partial charge in [0.15, 0.2) is 22.1 Å². The summed E-state index contributed by atoms with van der Waals surface area (Å²) in [6, 6.07) is 0.188. The Morgan fingerprint density at radius 1 is 0.597 bits per heavy atom. The number of rotatable bonds is 25. The summed E-state index contributed by atoms with van der Waals surface area (Å²) in [6.07, 6.45) is -6.52. The number of carboxylic acids is 7. The van der Waals surface area contributed by atoms with E-state index in [1.165, 1.54) is 0 Å². The maximum absolute atomic E-state index is 12.9. The number of aliphatic carboxylic acids is 7. The van der Waals surface area contributed by atoms with Crippen LogP contribution in [-0.4, -0.2) is 177 Å². The predicted octanol–water partition coefficient (Wildman–Crippen LogP) is -3.61. The molecular formula is C24H40O40P8. The maximum atomic E-state index is 12.9. The van der Waals surface area contributed by atoms with Gasteiger partial charge in [-0.2, -0.15) is 0 Å². The summed E-state index contributed by atoms with van der Waals surface area (Å²) < 4.78 is 103. The Labute approximate surface area is 395 Å². The zero-order valence-electron chi connectivity index (χ0n) is 34.6. The highest BCUT2D eigenvalue weighted by molar-refractivity contribution is 7.79. The van der Waals surface area contributed by atoms with E-state index in [9.17, 15) is 129 Å². The van der Waals surface area contributed by atoms with Crippen molar-refractivity contribution in [3.8, 4) is 11.5 Å². The van der Waals surface area contributed by atoms with E-state index in [2.05, 4.69) is 8.83 Å². The third kappa shape index (κ3) is 18.0. The molecule has 1 aromatic carbocycles. The van der Waals surface area contributed by atoms with E-state index in [1.807, 2.05) is 0 Å². The fourth-order valence-electron chi connectivity index (χ4n) is 4.66. The maximum Gasteiger partial charge on any atom is 0.379 e. The second-order valence-corrected chi connectivity index (χ2v) is 29.5. The van der Waals surface area contributed by atoms with Crippen molar-refractivity contribution in [1.29, 1.82) is 0 Å². The van der Waals surface area contributed by atoms with Gasteiger partial charge in [-0.3, -0.25) is 69.8 Å². The molecule has 0 amide bonds. The van der Waals surface area contributed by atoms with E-state index in [0.717, 1.165) is 0 Å². The molecule has 72 heavy (non-hydrogen) atoms. The van der Waals surface area contributed by atoms with Crippen LogP contribution in [0.5, 0.6) is 11.5 Å². The van der Waals surface area contributed by atoms with Crippen LogP contribution < -0.4 is 10.6 Å². The fraction of sp³-hybridized carbons (Fsp3) is 0.458. The molecule has 0 aliphatic carbocycles. The topological polar surface area (TPSA) is 740 Å². The zero-order chi connectivity index (χ0) is 58.4. The number of aromatic hydroxyl groups is 2. The predicted molar refractivity (Wildman–Crippen MR) is 221 cm³/mol. The van der Waals surface area contributed by atoms with Gasteiger partial charge in [0.1, 0.15) is 11.2 Å². The van der Waals surface area contributed by atoms with Crippen LogP contribution in [0.1, 0.15) is 39.0 Å². The van der Waals surface area contributed by atoms with Crippen LogP contribution in [-0.2, 0) is 78.9 Å². The van der Waals surface area contributed by atoms with Gasteiger partial charge in [-0.05, 0) is 25.5 Å². The highest BCUT2D eigenvalue weighted by atomic mass is 31.3. The number of carboxylic acid groups (broad SMARTS) is 7. The molecule has 0 saturated carbocycles. The first kappa shape index (κ1) is 70.4. The van der Waals surface area contributed by atoms with Gasteiger partial charge in [0.2, 0.25) is 0 Å². The van der Waals surface area contributed by atoms with E-state index in [1.54, 1.807) is 0 Å². The minimum Gasteiger partial charge on any atom is -0.504 e. The molecule has 0 heterocycles. The average molecular weight is 1220 g/mol. The van der Waals surface area contributed by atoms with Gasteiger partial charge < -0.3 is 115 Å². The summed E-state index contributed by atoms with van der Waals surface area (Å²) in [4.78, 5) is 196. The number of hydrogen-bond donors (Lipinski definition) is 23. The van der Waals surface area contributed by atoms with Crippen LogP contribution in [0.4, 0.5) is 0 Å². The molecule has 0 aromatic heterocycles. The smallest absolute Gasteiger partial charge is 0.379 e. The van der Waals surface area contributed by atoms with E-state index in [-0.39, 0.29) is 19.1 Å². The summed E-state index contributed by atoms with van der Waals surface area (Å²) in [5, 5.41) is 70.8. The summed E-state index contributed by atoms with van der Waals surface area (Å²) in [5.41, 5.74) is 0. The molecule has 0 aliphatic heterocycles. The molecule has 416 valence electrons. The summed E-state index contributed by atoms with van der Waals surface area (Å²) in [5.74, 6) is -19.8. The van der Waals surface area contributed by atoms with E-state index in [4.69, 9.17) is 55.3 Å². The summed E-state index contributed by atoms with van der Waals surface area (Å²) in [6.45, 7) is -0.196. The third-order valence-corrected chi connectivity index (χ3v) is 23.7. The molecular weight excluding hydrogens is 1180 g/mol. The first-order valence-electron chi connectivity index (χ1n) is 17.0. The molecule has 1 rings (SSSR count). The van der Waals surface area contributed by atoms with Gasteiger partial charge in [0.05, 0.1) is 24.6 Å². The lowest BCUT2D eigenvalue weighted by Crippen LogP contribution is -2.49. The lowest BCUT2D eigenvalue weighted by molar-refractivity contribution is -0.168. The largest absolute Gasteiger partial charge is 0.504 e. The first-order chi connectivity index (χ1) is 31.5. The molecule has 23 N–H and O–H groups in total. The second-order valence-electron chi connectivity index (χ2n) is 13.7. The van der Waals surface area contributed by atoms with Crippen molar-refractivity contribution in [2.45, 2.75) is 60.0 Å². The highest BCUT2D eigenvalue weighted by Crippen LogP contribution is 2.81. The zero-order valence-corrected chi connectivity index (χ0v) is 41.8. The van der Waals surface area contributed by atoms with E-state index >= 15 is 0 Å². The molecule has 48 heteroatoms. The minimum absolute atomic E-state index is 0.0140. The van der Waals surface area contributed by atoms with Crippen molar-refractivity contribution in [2.75, 3.05) is 0 Å². The number of aliphatic hydroxyl groups is 1. The number of phenols is 2. The van der Waals surface area contributed by atoms with Gasteiger partial charge in [0, 0.05) is 6.42 Å². The molecule has 0 bridgehead atoms. The molecule has 0 aliphatic rings. The van der Waals surface area contributed by atoms with E-state index < -0.39 is 184 Å². The number of hydrogen-bond acceptors (Lipinski definition) is 20. The van der Waals surface area contributed by atoms with Crippen LogP contribution in [0.3, 0.4) is 0 Å². The Balaban J connectivity index is 0. The number of benzene rings is 1. The first-order valence-corrected chi connectivity index (χ1v) is 29.9. The number of phenolic OH excluding ortho intramolecular Hbond substituents is 2. The Bertz CT molecular complexity index is 2650. The van der Waals surface area contributed by atoms with Crippen molar-refractivity contribution in [1.82, 2.24) is 0 Å². The van der Waals surface area contributed by atoms with Gasteiger partial charge in [-0.1, -0.05) is 0 Å². The van der Waals surface area contributed by atoms with Gasteiger partial charge >= 0.3 is 103 Å². The minimum atomic E-state index is -6.75. The highest BCUT2D eigenvalue weighted by Gasteiger charge is 2.67. The van der Waals surface area contributed by atoms with Crippen LogP contribution in [0.25, 0.3) is 0 Å². The van der Waals surface area contributed by atoms with Crippen molar-refractivity contribution >= 4 is 113 Å². The van der Waals surface area contributed by atoms with Gasteiger partial charge in [-0.15, -0.1) is 0 Å². The van der Waals surface area contributed by atoms with Crippen molar-refractivity contribution in [3.05, 3.63) is 12.1 Å². The molecule has 0 spiro atoms. The van der Waals surface area contributed by atoms with Crippen LogP contribution in [0.2, 0.25) is 0 Å². The van der Waals surface area contributed by atoms with Gasteiger partial charge in [0.25, 0.3) is 10.4 Å². The third-order valence-electron chi connectivity index (χ3n) is 8.48. The molecule has 8 unspecified atom stereocenters. The van der Waals surface area contributed by atoms with Crippen LogP contribution in [0, 0.1) is 5.92 Å². The Morgan fingerprint density at radius 3 is 1.33 bits per heavy atom. The Hall–Kier alpha value is -3.69. The molecule has 0 radical (unpaired) electrons. The lowest BCUT2D eigenvalue weighted by Gasteiger charge is -2.36.